The number of rotatable bonds is 9. The summed E-state index contributed by atoms with van der Waals surface area (Å²) in [5, 5.41) is 18.5. The summed E-state index contributed by atoms with van der Waals surface area (Å²) in [6, 6.07) is 11.5. The molecule has 12 heteroatoms. The van der Waals surface area contributed by atoms with E-state index in [1.54, 1.807) is 16.9 Å². The summed E-state index contributed by atoms with van der Waals surface area (Å²) in [5.41, 5.74) is 1.93. The zero-order valence-corrected chi connectivity index (χ0v) is 17.9. The van der Waals surface area contributed by atoms with Gasteiger partial charge >= 0.3 is 18.1 Å². The number of benzene rings is 1. The minimum absolute atomic E-state index is 0.151. The standard InChI is InChI=1S/C17H19NO4S2.C2HF3O2/c1-12-14(13-5-3-2-4-6-13)11-15(22-12)17(21)18-8-10-24-23-9-7-16(19)20;3-2(4,5)1(6)7/h2-6,11H,7-10H2,1H3,(H,18,21)(H,19,20);(H,6,7). The summed E-state index contributed by atoms with van der Waals surface area (Å²) in [7, 11) is 3.04. The van der Waals surface area contributed by atoms with Crippen LogP contribution in [0.4, 0.5) is 13.2 Å². The van der Waals surface area contributed by atoms with Gasteiger partial charge in [0.25, 0.3) is 5.91 Å². The van der Waals surface area contributed by atoms with Gasteiger partial charge in [-0.2, -0.15) is 13.2 Å². The molecule has 170 valence electrons. The van der Waals surface area contributed by atoms with Crippen molar-refractivity contribution in [3.05, 3.63) is 47.9 Å². The van der Waals surface area contributed by atoms with Crippen LogP contribution < -0.4 is 5.32 Å². The maximum Gasteiger partial charge on any atom is 0.490 e. The normalized spacial score (nSPS) is 10.7. The second-order valence-electron chi connectivity index (χ2n) is 5.79. The first-order chi connectivity index (χ1) is 14.5. The summed E-state index contributed by atoms with van der Waals surface area (Å²) < 4.78 is 37.3. The van der Waals surface area contributed by atoms with Gasteiger partial charge in [-0.25, -0.2) is 4.79 Å². The van der Waals surface area contributed by atoms with Crippen molar-refractivity contribution in [1.82, 2.24) is 5.32 Å². The Hall–Kier alpha value is -2.60. The number of carboxylic acids is 2. The van der Waals surface area contributed by atoms with E-state index in [-0.39, 0.29) is 12.3 Å². The maximum atomic E-state index is 12.1. The highest BCUT2D eigenvalue weighted by Gasteiger charge is 2.38. The van der Waals surface area contributed by atoms with Gasteiger partial charge in [0.05, 0.1) is 6.42 Å². The Bertz CT molecular complexity index is 871. The molecule has 1 aromatic carbocycles. The molecule has 1 amide bonds. The van der Waals surface area contributed by atoms with Gasteiger partial charge in [-0.05, 0) is 18.6 Å². The molecular formula is C19H20F3NO6S2. The van der Waals surface area contributed by atoms with Crippen LogP contribution in [-0.4, -0.2) is 52.3 Å². The molecule has 2 rings (SSSR count). The molecule has 7 nitrogen and oxygen atoms in total. The van der Waals surface area contributed by atoms with E-state index in [9.17, 15) is 22.8 Å². The number of nitrogens with one attached hydrogen (secondary N) is 1. The minimum atomic E-state index is -5.08. The number of amides is 1. The van der Waals surface area contributed by atoms with E-state index < -0.39 is 18.1 Å². The lowest BCUT2D eigenvalue weighted by Gasteiger charge is -2.02. The Balaban J connectivity index is 0.000000592. The Morgan fingerprint density at radius 2 is 1.65 bits per heavy atom. The van der Waals surface area contributed by atoms with Gasteiger partial charge in [-0.1, -0.05) is 51.9 Å². The third-order valence-electron chi connectivity index (χ3n) is 3.42. The van der Waals surface area contributed by atoms with E-state index in [1.165, 1.54) is 10.8 Å². The van der Waals surface area contributed by atoms with E-state index in [0.717, 1.165) is 11.1 Å². The fourth-order valence-corrected chi connectivity index (χ4v) is 3.92. The second-order valence-corrected chi connectivity index (χ2v) is 8.50. The summed E-state index contributed by atoms with van der Waals surface area (Å²) in [6.07, 6.45) is -4.93. The predicted octanol–water partition coefficient (Wildman–Crippen LogP) is 4.47. The molecule has 2 aromatic rings. The molecular weight excluding hydrogens is 459 g/mol. The van der Waals surface area contributed by atoms with Crippen LogP contribution in [0, 0.1) is 6.92 Å². The molecule has 0 fully saturated rings. The van der Waals surface area contributed by atoms with Crippen molar-refractivity contribution >= 4 is 39.4 Å². The molecule has 1 aromatic heterocycles. The molecule has 0 atom stereocenters. The maximum absolute atomic E-state index is 12.1. The van der Waals surface area contributed by atoms with Crippen molar-refractivity contribution in [2.45, 2.75) is 19.5 Å². The van der Waals surface area contributed by atoms with Crippen molar-refractivity contribution in [3.8, 4) is 11.1 Å². The quantitative estimate of drug-likeness (QED) is 0.356. The van der Waals surface area contributed by atoms with Gasteiger partial charge < -0.3 is 19.9 Å². The third kappa shape index (κ3) is 10.3. The van der Waals surface area contributed by atoms with Gasteiger partial charge in [0.2, 0.25) is 0 Å². The van der Waals surface area contributed by atoms with Crippen LogP contribution in [0.25, 0.3) is 11.1 Å². The van der Waals surface area contributed by atoms with Crippen LogP contribution in [0.1, 0.15) is 22.7 Å². The molecule has 0 saturated carbocycles. The fraction of sp³-hybridized carbons (Fsp3) is 0.316. The van der Waals surface area contributed by atoms with E-state index in [4.69, 9.17) is 19.4 Å². The average molecular weight is 479 g/mol. The molecule has 0 spiro atoms. The average Bonchev–Trinajstić information content (AvgIpc) is 3.09. The number of carboxylic acid groups (broad SMARTS) is 2. The Morgan fingerprint density at radius 3 is 2.19 bits per heavy atom. The Morgan fingerprint density at radius 1 is 1.06 bits per heavy atom. The largest absolute Gasteiger partial charge is 0.490 e. The van der Waals surface area contributed by atoms with Crippen LogP contribution in [0.15, 0.2) is 40.8 Å². The minimum Gasteiger partial charge on any atom is -0.481 e. The molecule has 31 heavy (non-hydrogen) atoms. The van der Waals surface area contributed by atoms with Crippen molar-refractivity contribution in [2.75, 3.05) is 18.1 Å². The number of halogens is 3. The highest BCUT2D eigenvalue weighted by atomic mass is 33.1. The summed E-state index contributed by atoms with van der Waals surface area (Å²) in [5.74, 6) is -1.50. The van der Waals surface area contributed by atoms with E-state index >= 15 is 0 Å². The Kier molecular flexibility index (Phi) is 11.0. The van der Waals surface area contributed by atoms with Crippen molar-refractivity contribution in [2.24, 2.45) is 0 Å². The molecule has 0 saturated heterocycles. The van der Waals surface area contributed by atoms with Crippen LogP contribution in [-0.2, 0) is 9.59 Å². The van der Waals surface area contributed by atoms with Gasteiger partial charge in [-0.3, -0.25) is 9.59 Å². The highest BCUT2D eigenvalue weighted by molar-refractivity contribution is 8.76. The summed E-state index contributed by atoms with van der Waals surface area (Å²) >= 11 is 0. The van der Waals surface area contributed by atoms with Crippen molar-refractivity contribution < 1.29 is 42.2 Å². The predicted molar refractivity (Wildman–Crippen MR) is 112 cm³/mol. The van der Waals surface area contributed by atoms with E-state index in [1.807, 2.05) is 37.3 Å². The SMILES string of the molecule is Cc1oc(C(=O)NCCSSCCC(=O)O)cc1-c1ccccc1.O=C(O)C(F)(F)F. The van der Waals surface area contributed by atoms with Gasteiger partial charge in [0, 0.05) is 23.6 Å². The van der Waals surface area contributed by atoms with Crippen LogP contribution in [0.3, 0.4) is 0 Å². The van der Waals surface area contributed by atoms with Crippen molar-refractivity contribution in [3.63, 3.8) is 0 Å². The monoisotopic (exact) mass is 479 g/mol. The third-order valence-corrected chi connectivity index (χ3v) is 5.83. The molecule has 0 bridgehead atoms. The number of alkyl halides is 3. The Labute approximate surface area is 183 Å². The van der Waals surface area contributed by atoms with Crippen LogP contribution in [0.2, 0.25) is 0 Å². The molecule has 0 aliphatic rings. The van der Waals surface area contributed by atoms with Crippen LogP contribution in [0.5, 0.6) is 0 Å². The fourth-order valence-electron chi connectivity index (χ4n) is 2.04. The lowest BCUT2D eigenvalue weighted by molar-refractivity contribution is -0.192. The van der Waals surface area contributed by atoms with Crippen molar-refractivity contribution in [1.29, 1.82) is 0 Å². The van der Waals surface area contributed by atoms with Crippen LogP contribution >= 0.6 is 21.6 Å². The number of hydrogen-bond acceptors (Lipinski definition) is 6. The topological polar surface area (TPSA) is 117 Å². The molecule has 0 radical (unpaired) electrons. The lowest BCUT2D eigenvalue weighted by Crippen LogP contribution is -2.25. The smallest absolute Gasteiger partial charge is 0.481 e. The summed E-state index contributed by atoms with van der Waals surface area (Å²) in [4.78, 5) is 31.4. The molecule has 1 heterocycles. The number of carbonyl (C=O) groups excluding carboxylic acids is 1. The first-order valence-corrected chi connectivity index (χ1v) is 11.2. The number of hydrogen-bond donors (Lipinski definition) is 3. The van der Waals surface area contributed by atoms with Gasteiger partial charge in [-0.15, -0.1) is 0 Å². The first kappa shape index (κ1) is 26.4. The molecule has 3 N–H and O–H groups in total. The number of aliphatic carboxylic acids is 2. The molecule has 0 aliphatic heterocycles. The molecule has 0 unspecified atom stereocenters. The zero-order valence-electron chi connectivity index (χ0n) is 16.3. The number of carbonyl (C=O) groups is 3. The van der Waals surface area contributed by atoms with E-state index in [2.05, 4.69) is 5.32 Å². The van der Waals surface area contributed by atoms with Gasteiger partial charge in [0.15, 0.2) is 5.76 Å². The number of aryl methyl sites for hydroxylation is 1. The molecule has 0 aliphatic carbocycles. The summed E-state index contributed by atoms with van der Waals surface area (Å²) in [6.45, 7) is 2.35. The second kappa shape index (κ2) is 13.0. The number of furan rings is 1. The van der Waals surface area contributed by atoms with Gasteiger partial charge in [0.1, 0.15) is 5.76 Å². The first-order valence-electron chi connectivity index (χ1n) is 8.72. The lowest BCUT2D eigenvalue weighted by atomic mass is 10.1. The van der Waals surface area contributed by atoms with E-state index in [0.29, 0.717) is 29.6 Å². The highest BCUT2D eigenvalue weighted by Crippen LogP contribution is 2.26. The zero-order chi connectivity index (χ0) is 23.4.